The summed E-state index contributed by atoms with van der Waals surface area (Å²) in [5.41, 5.74) is 1.83. The molecule has 3 aliphatic rings. The molecule has 5 rings (SSSR count). The van der Waals surface area contributed by atoms with E-state index in [9.17, 15) is 9.59 Å². The molecule has 2 aromatic rings. The molecule has 4 heterocycles. The molecule has 0 N–H and O–H groups in total. The Morgan fingerprint density at radius 3 is 2.64 bits per heavy atom. The lowest BCUT2D eigenvalue weighted by molar-refractivity contribution is -0.119. The lowest BCUT2D eigenvalue weighted by Gasteiger charge is -2.40. The first kappa shape index (κ1) is 17.2. The summed E-state index contributed by atoms with van der Waals surface area (Å²) in [6.45, 7) is 1.94. The fourth-order valence-electron chi connectivity index (χ4n) is 4.42. The predicted octanol–water partition coefficient (Wildman–Crippen LogP) is 2.68. The molecule has 144 valence electrons. The van der Waals surface area contributed by atoms with Crippen molar-refractivity contribution in [1.82, 2.24) is 9.97 Å². The van der Waals surface area contributed by atoms with E-state index >= 15 is 0 Å². The van der Waals surface area contributed by atoms with Gasteiger partial charge in [-0.1, -0.05) is 6.07 Å². The molecule has 2 aliphatic heterocycles. The molecule has 1 saturated heterocycles. The van der Waals surface area contributed by atoms with Crippen molar-refractivity contribution in [2.24, 2.45) is 0 Å². The molecular formula is C21H23N5O2. The van der Waals surface area contributed by atoms with E-state index in [1.165, 1.54) is 0 Å². The number of hydrogen-bond acceptors (Lipinski definition) is 5. The van der Waals surface area contributed by atoms with E-state index in [2.05, 4.69) is 9.88 Å². The number of likely N-dealkylation sites (N-methyl/N-ethyl adjacent to an activating group) is 1. The first-order valence-electron chi connectivity index (χ1n) is 9.85. The van der Waals surface area contributed by atoms with E-state index < -0.39 is 0 Å². The van der Waals surface area contributed by atoms with Gasteiger partial charge in [0.15, 0.2) is 5.82 Å². The number of carbonyl (C=O) groups is 2. The Hall–Kier alpha value is -2.96. The summed E-state index contributed by atoms with van der Waals surface area (Å²) in [4.78, 5) is 40.1. The molecule has 28 heavy (non-hydrogen) atoms. The first-order chi connectivity index (χ1) is 13.6. The summed E-state index contributed by atoms with van der Waals surface area (Å²) in [6.07, 6.45) is 6.97. The molecule has 7 nitrogen and oxygen atoms in total. The number of anilines is 3. The Balaban J connectivity index is 1.58. The van der Waals surface area contributed by atoms with Gasteiger partial charge in [-0.3, -0.25) is 19.5 Å². The molecule has 2 unspecified atom stereocenters. The summed E-state index contributed by atoms with van der Waals surface area (Å²) in [7, 11) is 1.79. The molecule has 0 spiro atoms. The lowest BCUT2D eigenvalue weighted by atomic mass is 10.1. The molecule has 1 aliphatic carbocycles. The first-order valence-corrected chi connectivity index (χ1v) is 9.85. The maximum atomic E-state index is 12.7. The second-order valence-electron chi connectivity index (χ2n) is 7.83. The normalized spacial score (nSPS) is 24.7. The quantitative estimate of drug-likeness (QED) is 0.823. The van der Waals surface area contributed by atoms with E-state index in [-0.39, 0.29) is 23.9 Å². The number of nitrogens with zero attached hydrogens (tertiary/aromatic N) is 5. The summed E-state index contributed by atoms with van der Waals surface area (Å²) in [6, 6.07) is 7.74. The van der Waals surface area contributed by atoms with Crippen molar-refractivity contribution in [3.05, 3.63) is 42.2 Å². The highest BCUT2D eigenvalue weighted by molar-refractivity contribution is 6.05. The average Bonchev–Trinajstić information content (AvgIpc) is 3.47. The summed E-state index contributed by atoms with van der Waals surface area (Å²) >= 11 is 0. The average molecular weight is 377 g/mol. The highest BCUT2D eigenvalue weighted by atomic mass is 16.2. The second kappa shape index (κ2) is 6.29. The van der Waals surface area contributed by atoms with E-state index in [0.29, 0.717) is 18.3 Å². The Kier molecular flexibility index (Phi) is 3.86. The van der Waals surface area contributed by atoms with Crippen LogP contribution < -0.4 is 14.7 Å². The maximum absolute atomic E-state index is 12.7. The van der Waals surface area contributed by atoms with Crippen molar-refractivity contribution < 1.29 is 9.59 Å². The third kappa shape index (κ3) is 2.57. The predicted molar refractivity (Wildman–Crippen MR) is 106 cm³/mol. The third-order valence-electron chi connectivity index (χ3n) is 6.02. The van der Waals surface area contributed by atoms with Crippen molar-refractivity contribution >= 4 is 29.1 Å². The second-order valence-corrected chi connectivity index (χ2v) is 7.83. The maximum Gasteiger partial charge on any atom is 0.249 e. The van der Waals surface area contributed by atoms with Crippen molar-refractivity contribution in [1.29, 1.82) is 0 Å². The highest BCUT2D eigenvalue weighted by Gasteiger charge is 2.43. The molecule has 7 heteroatoms. The van der Waals surface area contributed by atoms with E-state index in [0.717, 1.165) is 36.3 Å². The molecule has 2 fully saturated rings. The third-order valence-corrected chi connectivity index (χ3v) is 6.02. The van der Waals surface area contributed by atoms with E-state index in [1.54, 1.807) is 23.0 Å². The molecule has 0 aromatic carbocycles. The fourth-order valence-corrected chi connectivity index (χ4v) is 4.42. The molecule has 2 amide bonds. The molecular weight excluding hydrogens is 354 g/mol. The summed E-state index contributed by atoms with van der Waals surface area (Å²) < 4.78 is 0. The van der Waals surface area contributed by atoms with Crippen molar-refractivity contribution in [2.75, 3.05) is 21.7 Å². The number of hydrogen-bond donors (Lipinski definition) is 0. The zero-order chi connectivity index (χ0) is 19.4. The minimum absolute atomic E-state index is 0.0542. The van der Waals surface area contributed by atoms with Crippen LogP contribution in [0, 0.1) is 0 Å². The number of rotatable bonds is 3. The molecule has 2 atom stereocenters. The van der Waals surface area contributed by atoms with Crippen LogP contribution in [0.25, 0.3) is 0 Å². The van der Waals surface area contributed by atoms with Gasteiger partial charge >= 0.3 is 0 Å². The van der Waals surface area contributed by atoms with Crippen LogP contribution >= 0.6 is 0 Å². The zero-order valence-electron chi connectivity index (χ0n) is 16.1. The minimum atomic E-state index is -0.240. The SMILES string of the molecule is CC1C(=O)N(C)c2ccc(N3C(=O)CCC3c3cccnc3)nc2N1C1CC1. The van der Waals surface area contributed by atoms with Gasteiger partial charge in [0, 0.05) is 31.9 Å². The highest BCUT2D eigenvalue weighted by Crippen LogP contribution is 2.44. The van der Waals surface area contributed by atoms with Crippen LogP contribution in [-0.4, -0.2) is 40.9 Å². The Morgan fingerprint density at radius 1 is 1.11 bits per heavy atom. The van der Waals surface area contributed by atoms with E-state index in [1.807, 2.05) is 37.4 Å². The zero-order valence-corrected chi connectivity index (χ0v) is 16.1. The van der Waals surface area contributed by atoms with Crippen LogP contribution in [0.5, 0.6) is 0 Å². The number of pyridine rings is 2. The van der Waals surface area contributed by atoms with Gasteiger partial charge in [0.05, 0.1) is 11.7 Å². The van der Waals surface area contributed by atoms with Gasteiger partial charge in [0.25, 0.3) is 0 Å². The molecule has 2 aromatic heterocycles. The lowest BCUT2D eigenvalue weighted by Crippen LogP contribution is -2.52. The Labute approximate surface area is 164 Å². The van der Waals surface area contributed by atoms with Gasteiger partial charge in [0.2, 0.25) is 11.8 Å². The minimum Gasteiger partial charge on any atom is -0.340 e. The molecule has 0 bridgehead atoms. The summed E-state index contributed by atoms with van der Waals surface area (Å²) in [5.74, 6) is 1.61. The van der Waals surface area contributed by atoms with Gasteiger partial charge in [-0.25, -0.2) is 4.98 Å². The smallest absolute Gasteiger partial charge is 0.249 e. The number of amides is 2. The van der Waals surface area contributed by atoms with Crippen molar-refractivity contribution in [3.63, 3.8) is 0 Å². The Bertz CT molecular complexity index is 943. The van der Waals surface area contributed by atoms with Gasteiger partial charge in [0.1, 0.15) is 11.9 Å². The fraction of sp³-hybridized carbons (Fsp3) is 0.429. The van der Waals surface area contributed by atoms with E-state index in [4.69, 9.17) is 4.98 Å². The van der Waals surface area contributed by atoms with Crippen LogP contribution in [0.1, 0.15) is 44.2 Å². The van der Waals surface area contributed by atoms with Crippen LogP contribution in [0.4, 0.5) is 17.3 Å². The monoisotopic (exact) mass is 377 g/mol. The largest absolute Gasteiger partial charge is 0.340 e. The van der Waals surface area contributed by atoms with Gasteiger partial charge in [-0.15, -0.1) is 0 Å². The number of fused-ring (bicyclic) bond motifs is 1. The Morgan fingerprint density at radius 2 is 1.93 bits per heavy atom. The van der Waals surface area contributed by atoms with Gasteiger partial charge in [-0.05, 0) is 49.9 Å². The van der Waals surface area contributed by atoms with Gasteiger partial charge < -0.3 is 9.80 Å². The number of aromatic nitrogens is 2. The van der Waals surface area contributed by atoms with Crippen molar-refractivity contribution in [2.45, 2.75) is 50.7 Å². The summed E-state index contributed by atoms with van der Waals surface area (Å²) in [5, 5.41) is 0. The molecule has 1 saturated carbocycles. The molecule has 0 radical (unpaired) electrons. The standard InChI is InChI=1S/C21H23N5O2/c1-13-21(28)24(2)17-7-9-18(23-20(17)25(13)15-5-6-15)26-16(8-10-19(26)27)14-4-3-11-22-12-14/h3-4,7,9,11-13,15-16H,5-6,8,10H2,1-2H3. The van der Waals surface area contributed by atoms with Crippen LogP contribution in [0.15, 0.2) is 36.7 Å². The number of carbonyl (C=O) groups excluding carboxylic acids is 2. The topological polar surface area (TPSA) is 69.6 Å². The van der Waals surface area contributed by atoms with Gasteiger partial charge in [-0.2, -0.15) is 0 Å². The van der Waals surface area contributed by atoms with Crippen LogP contribution in [0.2, 0.25) is 0 Å². The van der Waals surface area contributed by atoms with Crippen LogP contribution in [0.3, 0.4) is 0 Å². The van der Waals surface area contributed by atoms with Crippen molar-refractivity contribution in [3.8, 4) is 0 Å². The van der Waals surface area contributed by atoms with Crippen LogP contribution in [-0.2, 0) is 9.59 Å².